The fourth-order valence-corrected chi connectivity index (χ4v) is 1.28. The highest BCUT2D eigenvalue weighted by atomic mass is 35.5. The van der Waals surface area contributed by atoms with Gasteiger partial charge in [-0.1, -0.05) is 11.6 Å². The van der Waals surface area contributed by atoms with Crippen molar-refractivity contribution in [1.29, 1.82) is 0 Å². The molecule has 13 heavy (non-hydrogen) atoms. The summed E-state index contributed by atoms with van der Waals surface area (Å²) in [4.78, 5) is 0. The van der Waals surface area contributed by atoms with Crippen molar-refractivity contribution in [1.82, 2.24) is 10.2 Å². The van der Waals surface area contributed by atoms with Crippen LogP contribution in [-0.4, -0.2) is 10.2 Å². The third kappa shape index (κ3) is 1.62. The summed E-state index contributed by atoms with van der Waals surface area (Å²) in [6.45, 7) is 0. The van der Waals surface area contributed by atoms with Crippen LogP contribution in [-0.2, 0) is 0 Å². The molecule has 0 aliphatic rings. The summed E-state index contributed by atoms with van der Waals surface area (Å²) < 4.78 is 4.99. The van der Waals surface area contributed by atoms with E-state index < -0.39 is 0 Å². The van der Waals surface area contributed by atoms with E-state index in [1.165, 1.54) is 6.39 Å². The minimum atomic E-state index is 0.411. The first-order valence-electron chi connectivity index (χ1n) is 3.58. The monoisotopic (exact) mass is 195 g/mol. The topological polar surface area (TPSA) is 64.9 Å². The number of nitrogens with two attached hydrogens (primary N) is 1. The van der Waals surface area contributed by atoms with Gasteiger partial charge in [0.2, 0.25) is 12.3 Å². The number of hydrogen-bond acceptors (Lipinski definition) is 4. The molecule has 2 N–H and O–H groups in total. The molecule has 0 aliphatic carbocycles. The second kappa shape index (κ2) is 3.06. The Morgan fingerprint density at radius 1 is 1.31 bits per heavy atom. The summed E-state index contributed by atoms with van der Waals surface area (Å²) in [6, 6.07) is 5.09. The Labute approximate surface area is 79.3 Å². The Bertz CT molecular complexity index is 393. The van der Waals surface area contributed by atoms with Gasteiger partial charge in [0.05, 0.1) is 0 Å². The van der Waals surface area contributed by atoms with Gasteiger partial charge in [-0.15, -0.1) is 10.2 Å². The van der Waals surface area contributed by atoms with Crippen LogP contribution in [0.25, 0.3) is 11.5 Å². The highest BCUT2D eigenvalue weighted by molar-refractivity contribution is 6.31. The smallest absolute Gasteiger partial charge is 0.247 e. The quantitative estimate of drug-likeness (QED) is 0.707. The molecule has 5 heteroatoms. The number of nitrogen functional groups attached to an aromatic ring is 1. The minimum Gasteiger partial charge on any atom is -0.423 e. The fraction of sp³-hybridized carbons (Fsp3) is 0. The van der Waals surface area contributed by atoms with Crippen molar-refractivity contribution in [3.05, 3.63) is 29.6 Å². The summed E-state index contributed by atoms with van der Waals surface area (Å²) in [5.74, 6) is 0.411. The minimum absolute atomic E-state index is 0.411. The van der Waals surface area contributed by atoms with Crippen molar-refractivity contribution in [3.63, 3.8) is 0 Å². The molecule has 66 valence electrons. The number of rotatable bonds is 1. The molecule has 0 aliphatic heterocycles. The lowest BCUT2D eigenvalue weighted by Gasteiger charge is -1.98. The van der Waals surface area contributed by atoms with Crippen molar-refractivity contribution in [2.45, 2.75) is 0 Å². The van der Waals surface area contributed by atoms with Gasteiger partial charge in [-0.2, -0.15) is 0 Å². The Morgan fingerprint density at radius 2 is 2.15 bits per heavy atom. The van der Waals surface area contributed by atoms with Gasteiger partial charge in [0.1, 0.15) is 0 Å². The molecule has 2 aromatic rings. The van der Waals surface area contributed by atoms with Crippen molar-refractivity contribution in [2.75, 3.05) is 5.73 Å². The van der Waals surface area contributed by atoms with Crippen molar-refractivity contribution in [3.8, 4) is 11.5 Å². The number of halogens is 1. The Balaban J connectivity index is 2.53. The van der Waals surface area contributed by atoms with E-state index in [4.69, 9.17) is 21.8 Å². The van der Waals surface area contributed by atoms with E-state index >= 15 is 0 Å². The third-order valence-corrected chi connectivity index (χ3v) is 1.75. The summed E-state index contributed by atoms with van der Waals surface area (Å²) in [5.41, 5.74) is 6.89. The Morgan fingerprint density at radius 3 is 2.77 bits per heavy atom. The molecular formula is C8H6ClN3O. The summed E-state index contributed by atoms with van der Waals surface area (Å²) in [6.07, 6.45) is 1.26. The molecule has 0 spiro atoms. The average molecular weight is 196 g/mol. The van der Waals surface area contributed by atoms with E-state index in [-0.39, 0.29) is 0 Å². The third-order valence-electron chi connectivity index (χ3n) is 1.53. The van der Waals surface area contributed by atoms with Crippen molar-refractivity contribution < 1.29 is 4.42 Å². The molecule has 0 saturated heterocycles. The van der Waals surface area contributed by atoms with E-state index in [0.29, 0.717) is 16.6 Å². The standard InChI is InChI=1S/C8H6ClN3O/c9-6-1-5(2-7(10)3-6)8-12-11-4-13-8/h1-4H,10H2. The first-order valence-corrected chi connectivity index (χ1v) is 3.96. The zero-order valence-electron chi connectivity index (χ0n) is 6.57. The van der Waals surface area contributed by atoms with Gasteiger partial charge in [-0.3, -0.25) is 0 Å². The molecule has 1 aromatic carbocycles. The van der Waals surface area contributed by atoms with Crippen LogP contribution in [0, 0.1) is 0 Å². The lowest BCUT2D eigenvalue weighted by Crippen LogP contribution is -1.86. The highest BCUT2D eigenvalue weighted by Crippen LogP contribution is 2.23. The van der Waals surface area contributed by atoms with Crippen molar-refractivity contribution in [2.24, 2.45) is 0 Å². The van der Waals surface area contributed by atoms with Crippen LogP contribution in [0.4, 0.5) is 5.69 Å². The molecule has 1 heterocycles. The van der Waals surface area contributed by atoms with E-state index in [0.717, 1.165) is 5.56 Å². The summed E-state index contributed by atoms with van der Waals surface area (Å²) in [7, 11) is 0. The van der Waals surface area contributed by atoms with E-state index in [1.807, 2.05) is 0 Å². The van der Waals surface area contributed by atoms with Gasteiger partial charge < -0.3 is 10.2 Å². The van der Waals surface area contributed by atoms with Crippen LogP contribution in [0.3, 0.4) is 0 Å². The van der Waals surface area contributed by atoms with E-state index in [2.05, 4.69) is 10.2 Å². The largest absolute Gasteiger partial charge is 0.423 e. The second-order valence-electron chi connectivity index (χ2n) is 2.52. The summed E-state index contributed by atoms with van der Waals surface area (Å²) in [5, 5.41) is 7.84. The van der Waals surface area contributed by atoms with Gasteiger partial charge in [-0.05, 0) is 18.2 Å². The maximum absolute atomic E-state index is 5.80. The zero-order chi connectivity index (χ0) is 9.26. The van der Waals surface area contributed by atoms with Gasteiger partial charge in [0.15, 0.2) is 0 Å². The highest BCUT2D eigenvalue weighted by Gasteiger charge is 2.04. The molecule has 0 unspecified atom stereocenters. The Kier molecular flexibility index (Phi) is 1.90. The molecular weight excluding hydrogens is 190 g/mol. The van der Waals surface area contributed by atoms with E-state index in [1.54, 1.807) is 18.2 Å². The lowest BCUT2D eigenvalue weighted by molar-refractivity contribution is 0.568. The van der Waals surface area contributed by atoms with E-state index in [9.17, 15) is 0 Å². The van der Waals surface area contributed by atoms with Gasteiger partial charge in [-0.25, -0.2) is 0 Å². The number of nitrogens with zero attached hydrogens (tertiary/aromatic N) is 2. The van der Waals surface area contributed by atoms with Crippen LogP contribution in [0.1, 0.15) is 0 Å². The van der Waals surface area contributed by atoms with Crippen LogP contribution in [0.5, 0.6) is 0 Å². The average Bonchev–Trinajstić information content (AvgIpc) is 2.53. The van der Waals surface area contributed by atoms with Gasteiger partial charge in [0, 0.05) is 16.3 Å². The predicted molar refractivity (Wildman–Crippen MR) is 49.2 cm³/mol. The molecule has 0 bridgehead atoms. The zero-order valence-corrected chi connectivity index (χ0v) is 7.32. The molecule has 0 radical (unpaired) electrons. The second-order valence-corrected chi connectivity index (χ2v) is 2.95. The SMILES string of the molecule is Nc1cc(Cl)cc(-c2nnco2)c1. The van der Waals surface area contributed by atoms with Crippen LogP contribution >= 0.6 is 11.6 Å². The predicted octanol–water partition coefficient (Wildman–Crippen LogP) is 1.97. The van der Waals surface area contributed by atoms with Crippen molar-refractivity contribution >= 4 is 17.3 Å². The number of anilines is 1. The first kappa shape index (κ1) is 8.07. The van der Waals surface area contributed by atoms with Gasteiger partial charge >= 0.3 is 0 Å². The molecule has 4 nitrogen and oxygen atoms in total. The van der Waals surface area contributed by atoms with Gasteiger partial charge in [0.25, 0.3) is 0 Å². The lowest BCUT2D eigenvalue weighted by atomic mass is 10.2. The number of aromatic nitrogens is 2. The Hall–Kier alpha value is -1.55. The molecule has 2 rings (SSSR count). The fourth-order valence-electron chi connectivity index (χ4n) is 1.03. The molecule has 1 aromatic heterocycles. The molecule has 0 fully saturated rings. The molecule has 0 saturated carbocycles. The maximum Gasteiger partial charge on any atom is 0.247 e. The van der Waals surface area contributed by atoms with Crippen LogP contribution in [0.2, 0.25) is 5.02 Å². The molecule has 0 amide bonds. The van der Waals surface area contributed by atoms with Crippen LogP contribution in [0.15, 0.2) is 29.0 Å². The number of hydrogen-bond donors (Lipinski definition) is 1. The number of benzene rings is 1. The normalized spacial score (nSPS) is 10.2. The first-order chi connectivity index (χ1) is 6.25. The summed E-state index contributed by atoms with van der Waals surface area (Å²) >= 11 is 5.80. The maximum atomic E-state index is 5.80. The van der Waals surface area contributed by atoms with Crippen LogP contribution < -0.4 is 5.73 Å². The molecule has 0 atom stereocenters.